The van der Waals surface area contributed by atoms with Crippen LogP contribution < -0.4 is 10.2 Å². The molecule has 4 rings (SSSR count). The first-order valence-electron chi connectivity index (χ1n) is 9.97. The smallest absolute Gasteiger partial charge is 0.255 e. The van der Waals surface area contributed by atoms with Crippen LogP contribution in [0, 0.1) is 0 Å². The summed E-state index contributed by atoms with van der Waals surface area (Å²) in [6, 6.07) is 21.5. The molecule has 1 heterocycles. The van der Waals surface area contributed by atoms with Gasteiger partial charge in [0, 0.05) is 48.0 Å². The monoisotopic (exact) mass is 453 g/mol. The van der Waals surface area contributed by atoms with Crippen LogP contribution in [0.5, 0.6) is 0 Å². The van der Waals surface area contributed by atoms with Crippen LogP contribution in [-0.4, -0.2) is 42.9 Å². The highest BCUT2D eigenvalue weighted by Crippen LogP contribution is 2.30. The summed E-state index contributed by atoms with van der Waals surface area (Å²) < 4.78 is 0. The Bertz CT molecular complexity index is 1080. The first kappa shape index (κ1) is 21.2. The molecule has 158 valence electrons. The highest BCUT2D eigenvalue weighted by molar-refractivity contribution is 6.33. The number of halogens is 2. The third-order valence-corrected chi connectivity index (χ3v) is 5.79. The predicted octanol–water partition coefficient (Wildman–Crippen LogP) is 5.21. The van der Waals surface area contributed by atoms with Crippen LogP contribution in [-0.2, 0) is 0 Å². The van der Waals surface area contributed by atoms with Gasteiger partial charge in [0.1, 0.15) is 0 Å². The molecule has 5 nitrogen and oxygen atoms in total. The maximum absolute atomic E-state index is 12.6. The van der Waals surface area contributed by atoms with E-state index in [-0.39, 0.29) is 11.8 Å². The zero-order valence-corrected chi connectivity index (χ0v) is 18.2. The number of hydrogen-bond acceptors (Lipinski definition) is 3. The minimum Gasteiger partial charge on any atom is -0.367 e. The Morgan fingerprint density at radius 2 is 1.45 bits per heavy atom. The largest absolute Gasteiger partial charge is 0.367 e. The number of nitrogens with zero attached hydrogens (tertiary/aromatic N) is 2. The van der Waals surface area contributed by atoms with Crippen molar-refractivity contribution in [3.8, 4) is 0 Å². The van der Waals surface area contributed by atoms with Crippen LogP contribution in [0.2, 0.25) is 10.0 Å². The SMILES string of the molecule is O=C(Nc1ccc(N2CCN(C(=O)c3ccccc3)CC2)c(Cl)c1)c1ccc(Cl)cc1. The molecule has 3 aromatic carbocycles. The van der Waals surface area contributed by atoms with E-state index in [0.717, 1.165) is 5.69 Å². The summed E-state index contributed by atoms with van der Waals surface area (Å²) >= 11 is 12.4. The van der Waals surface area contributed by atoms with Gasteiger partial charge < -0.3 is 15.1 Å². The second-order valence-corrected chi connectivity index (χ2v) is 8.12. The molecule has 1 N–H and O–H groups in total. The van der Waals surface area contributed by atoms with E-state index < -0.39 is 0 Å². The van der Waals surface area contributed by atoms with Crippen molar-refractivity contribution in [2.75, 3.05) is 36.4 Å². The number of carbonyl (C=O) groups excluding carboxylic acids is 2. The fourth-order valence-electron chi connectivity index (χ4n) is 3.56. The summed E-state index contributed by atoms with van der Waals surface area (Å²) in [6.45, 7) is 2.63. The van der Waals surface area contributed by atoms with Gasteiger partial charge in [-0.3, -0.25) is 9.59 Å². The molecule has 1 fully saturated rings. The normalized spacial score (nSPS) is 13.7. The van der Waals surface area contributed by atoms with E-state index in [4.69, 9.17) is 23.2 Å². The number of hydrogen-bond donors (Lipinski definition) is 1. The molecule has 0 spiro atoms. The quantitative estimate of drug-likeness (QED) is 0.589. The van der Waals surface area contributed by atoms with Gasteiger partial charge in [0.2, 0.25) is 0 Å². The van der Waals surface area contributed by atoms with Crippen LogP contribution in [0.15, 0.2) is 72.8 Å². The van der Waals surface area contributed by atoms with Crippen molar-refractivity contribution >= 4 is 46.4 Å². The Morgan fingerprint density at radius 1 is 0.774 bits per heavy atom. The molecular weight excluding hydrogens is 433 g/mol. The predicted molar refractivity (Wildman–Crippen MR) is 125 cm³/mol. The van der Waals surface area contributed by atoms with Gasteiger partial charge in [0.15, 0.2) is 0 Å². The van der Waals surface area contributed by atoms with Crippen molar-refractivity contribution in [3.63, 3.8) is 0 Å². The lowest BCUT2D eigenvalue weighted by Gasteiger charge is -2.36. The summed E-state index contributed by atoms with van der Waals surface area (Å²) in [5.41, 5.74) is 2.73. The van der Waals surface area contributed by atoms with E-state index >= 15 is 0 Å². The van der Waals surface area contributed by atoms with Crippen LogP contribution >= 0.6 is 23.2 Å². The summed E-state index contributed by atoms with van der Waals surface area (Å²) in [5, 5.41) is 3.98. The average Bonchev–Trinajstić information content (AvgIpc) is 2.80. The molecule has 31 heavy (non-hydrogen) atoms. The van der Waals surface area contributed by atoms with Crippen molar-refractivity contribution in [3.05, 3.63) is 94.0 Å². The van der Waals surface area contributed by atoms with E-state index in [9.17, 15) is 9.59 Å². The number of anilines is 2. The number of piperazine rings is 1. The van der Waals surface area contributed by atoms with Gasteiger partial charge in [0.25, 0.3) is 11.8 Å². The Morgan fingerprint density at radius 3 is 2.10 bits per heavy atom. The highest BCUT2D eigenvalue weighted by Gasteiger charge is 2.23. The minimum atomic E-state index is -0.228. The van der Waals surface area contributed by atoms with Gasteiger partial charge in [-0.25, -0.2) is 0 Å². The van der Waals surface area contributed by atoms with E-state index in [0.29, 0.717) is 53.0 Å². The minimum absolute atomic E-state index is 0.0478. The van der Waals surface area contributed by atoms with E-state index in [1.807, 2.05) is 47.4 Å². The Labute approximate surface area is 191 Å². The maximum atomic E-state index is 12.6. The third-order valence-electron chi connectivity index (χ3n) is 5.24. The summed E-state index contributed by atoms with van der Waals surface area (Å²) in [7, 11) is 0. The Hall–Kier alpha value is -3.02. The molecule has 1 aliphatic rings. The molecule has 0 unspecified atom stereocenters. The molecule has 0 aliphatic carbocycles. The maximum Gasteiger partial charge on any atom is 0.255 e. The van der Waals surface area contributed by atoms with Gasteiger partial charge in [-0.1, -0.05) is 41.4 Å². The van der Waals surface area contributed by atoms with Gasteiger partial charge in [-0.05, 0) is 54.6 Å². The number of amides is 2. The Balaban J connectivity index is 1.38. The second kappa shape index (κ2) is 9.41. The molecule has 1 saturated heterocycles. The molecular formula is C24H21Cl2N3O2. The summed E-state index contributed by atoms with van der Waals surface area (Å²) in [4.78, 5) is 29.0. The third kappa shape index (κ3) is 5.01. The molecule has 2 amide bonds. The number of benzene rings is 3. The molecule has 0 aromatic heterocycles. The second-order valence-electron chi connectivity index (χ2n) is 7.27. The van der Waals surface area contributed by atoms with Crippen LogP contribution in [0.3, 0.4) is 0 Å². The number of nitrogens with one attached hydrogen (secondary N) is 1. The van der Waals surface area contributed by atoms with Gasteiger partial charge in [0.05, 0.1) is 10.7 Å². The van der Waals surface area contributed by atoms with Crippen LogP contribution in [0.25, 0.3) is 0 Å². The van der Waals surface area contributed by atoms with Crippen molar-refractivity contribution < 1.29 is 9.59 Å². The molecule has 7 heteroatoms. The lowest BCUT2D eigenvalue weighted by molar-refractivity contribution is 0.0746. The lowest BCUT2D eigenvalue weighted by atomic mass is 10.1. The van der Waals surface area contributed by atoms with Crippen molar-refractivity contribution in [2.24, 2.45) is 0 Å². The van der Waals surface area contributed by atoms with E-state index in [1.165, 1.54) is 0 Å². The number of rotatable bonds is 4. The molecule has 0 saturated carbocycles. The van der Waals surface area contributed by atoms with Crippen molar-refractivity contribution in [1.29, 1.82) is 0 Å². The fraction of sp³-hybridized carbons (Fsp3) is 0.167. The van der Waals surface area contributed by atoms with Crippen LogP contribution in [0.4, 0.5) is 11.4 Å². The van der Waals surface area contributed by atoms with Gasteiger partial charge in [-0.2, -0.15) is 0 Å². The van der Waals surface area contributed by atoms with Gasteiger partial charge in [-0.15, -0.1) is 0 Å². The zero-order valence-electron chi connectivity index (χ0n) is 16.7. The van der Waals surface area contributed by atoms with E-state index in [1.54, 1.807) is 30.3 Å². The molecule has 3 aromatic rings. The lowest BCUT2D eigenvalue weighted by Crippen LogP contribution is -2.48. The highest BCUT2D eigenvalue weighted by atomic mass is 35.5. The van der Waals surface area contributed by atoms with Crippen molar-refractivity contribution in [2.45, 2.75) is 0 Å². The first-order chi connectivity index (χ1) is 15.0. The Kier molecular flexibility index (Phi) is 6.44. The van der Waals surface area contributed by atoms with Crippen LogP contribution in [0.1, 0.15) is 20.7 Å². The number of carbonyl (C=O) groups is 2. The van der Waals surface area contributed by atoms with E-state index in [2.05, 4.69) is 10.2 Å². The molecule has 0 bridgehead atoms. The molecule has 1 aliphatic heterocycles. The van der Waals surface area contributed by atoms with Crippen molar-refractivity contribution in [1.82, 2.24) is 4.90 Å². The zero-order chi connectivity index (χ0) is 21.8. The summed E-state index contributed by atoms with van der Waals surface area (Å²) in [5.74, 6) is -0.180. The first-order valence-corrected chi connectivity index (χ1v) is 10.7. The molecule has 0 atom stereocenters. The average molecular weight is 454 g/mol. The fourth-order valence-corrected chi connectivity index (χ4v) is 3.99. The topological polar surface area (TPSA) is 52.7 Å². The molecule has 0 radical (unpaired) electrons. The van der Waals surface area contributed by atoms with Gasteiger partial charge >= 0.3 is 0 Å². The standard InChI is InChI=1S/C24H21Cl2N3O2/c25-19-8-6-17(7-9-19)23(30)27-20-10-11-22(21(26)16-20)28-12-14-29(15-13-28)24(31)18-4-2-1-3-5-18/h1-11,16H,12-15H2,(H,27,30). The summed E-state index contributed by atoms with van der Waals surface area (Å²) in [6.07, 6.45) is 0.